The molecule has 0 radical (unpaired) electrons. The highest BCUT2D eigenvalue weighted by Gasteiger charge is 2.20. The van der Waals surface area contributed by atoms with Crippen molar-refractivity contribution in [1.82, 2.24) is 29.5 Å². The van der Waals surface area contributed by atoms with Gasteiger partial charge in [-0.1, -0.05) is 42.4 Å². The molecule has 1 fully saturated rings. The van der Waals surface area contributed by atoms with Crippen molar-refractivity contribution in [3.8, 4) is 0 Å². The fourth-order valence-corrected chi connectivity index (χ4v) is 5.55. The molecule has 30 heavy (non-hydrogen) atoms. The van der Waals surface area contributed by atoms with E-state index in [2.05, 4.69) is 47.8 Å². The number of aromatic nitrogens is 6. The fraction of sp³-hybridized carbons (Fsp3) is 0.550. The van der Waals surface area contributed by atoms with Crippen LogP contribution in [0.15, 0.2) is 23.5 Å². The van der Waals surface area contributed by atoms with Crippen molar-refractivity contribution in [3.05, 3.63) is 34.9 Å². The Labute approximate surface area is 184 Å². The van der Waals surface area contributed by atoms with E-state index in [-0.39, 0.29) is 11.7 Å². The summed E-state index contributed by atoms with van der Waals surface area (Å²) in [5.74, 6) is 1.58. The molecular weight excluding hydrogens is 418 g/mol. The Kier molecular flexibility index (Phi) is 6.83. The number of hydrogen-bond donors (Lipinski definition) is 1. The van der Waals surface area contributed by atoms with E-state index in [1.54, 1.807) is 0 Å². The molecule has 0 spiro atoms. The van der Waals surface area contributed by atoms with E-state index in [9.17, 15) is 4.79 Å². The molecule has 1 amide bonds. The maximum absolute atomic E-state index is 12.4. The number of thioether (sulfide) groups is 1. The van der Waals surface area contributed by atoms with Gasteiger partial charge in [0, 0.05) is 37.8 Å². The Hall–Kier alpha value is -2.20. The predicted octanol–water partition coefficient (Wildman–Crippen LogP) is 3.86. The summed E-state index contributed by atoms with van der Waals surface area (Å²) in [4.78, 5) is 12.4. The smallest absolute Gasteiger partial charge is 0.236 e. The molecule has 0 aromatic carbocycles. The van der Waals surface area contributed by atoms with E-state index in [1.807, 2.05) is 19.3 Å². The number of aryl methyl sites for hydroxylation is 1. The summed E-state index contributed by atoms with van der Waals surface area (Å²) in [5, 5.41) is 22.4. The summed E-state index contributed by atoms with van der Waals surface area (Å²) in [6.45, 7) is 2.83. The second kappa shape index (κ2) is 9.74. The molecule has 1 aliphatic carbocycles. The molecule has 8 nitrogen and oxygen atoms in total. The topological polar surface area (TPSA) is 90.5 Å². The van der Waals surface area contributed by atoms with Gasteiger partial charge in [0.1, 0.15) is 10.8 Å². The van der Waals surface area contributed by atoms with E-state index in [0.29, 0.717) is 17.5 Å². The summed E-state index contributed by atoms with van der Waals surface area (Å²) >= 11 is 2.90. The molecule has 10 heteroatoms. The van der Waals surface area contributed by atoms with E-state index in [0.717, 1.165) is 22.5 Å². The first kappa shape index (κ1) is 21.0. The van der Waals surface area contributed by atoms with Crippen LogP contribution in [-0.4, -0.2) is 41.2 Å². The van der Waals surface area contributed by atoms with E-state index in [1.165, 1.54) is 60.9 Å². The summed E-state index contributed by atoms with van der Waals surface area (Å²) in [5.41, 5.74) is 1.18. The highest BCUT2D eigenvalue weighted by atomic mass is 32.2. The van der Waals surface area contributed by atoms with Crippen molar-refractivity contribution < 1.29 is 4.79 Å². The predicted molar refractivity (Wildman–Crippen MR) is 119 cm³/mol. The Bertz CT molecular complexity index is 987. The Morgan fingerprint density at radius 2 is 2.07 bits per heavy atom. The summed E-state index contributed by atoms with van der Waals surface area (Å²) in [6.07, 6.45) is 8.91. The molecule has 0 aliphatic heterocycles. The molecule has 0 atom stereocenters. The Balaban J connectivity index is 1.33. The van der Waals surface area contributed by atoms with Gasteiger partial charge in [0.2, 0.25) is 11.0 Å². The number of carbonyl (C=O) groups excluding carboxylic acids is 1. The lowest BCUT2D eigenvalue weighted by Crippen LogP contribution is -2.14. The zero-order chi connectivity index (χ0) is 20.9. The Morgan fingerprint density at radius 3 is 2.80 bits per heavy atom. The molecule has 3 aromatic rings. The molecule has 4 rings (SSSR count). The van der Waals surface area contributed by atoms with Crippen LogP contribution in [0.4, 0.5) is 5.13 Å². The SMILES string of the molecule is CCn1c(Cc2cccn2C)nnc1SCC(=O)Nc1nnc(C2CCCCC2)s1. The van der Waals surface area contributed by atoms with Gasteiger partial charge in [-0.3, -0.25) is 10.1 Å². The Morgan fingerprint density at radius 1 is 1.23 bits per heavy atom. The van der Waals surface area contributed by atoms with Crippen LogP contribution in [0, 0.1) is 0 Å². The van der Waals surface area contributed by atoms with Crippen molar-refractivity contribution in [1.29, 1.82) is 0 Å². The van der Waals surface area contributed by atoms with Gasteiger partial charge in [0.15, 0.2) is 5.16 Å². The number of hydrogen-bond acceptors (Lipinski definition) is 7. The summed E-state index contributed by atoms with van der Waals surface area (Å²) in [6, 6.07) is 4.10. The molecule has 0 saturated heterocycles. The van der Waals surface area contributed by atoms with Gasteiger partial charge >= 0.3 is 0 Å². The molecular formula is C20H27N7OS2. The van der Waals surface area contributed by atoms with Crippen LogP contribution in [0.1, 0.15) is 61.5 Å². The van der Waals surface area contributed by atoms with Crippen molar-refractivity contribution in [2.75, 3.05) is 11.1 Å². The van der Waals surface area contributed by atoms with Gasteiger partial charge in [-0.05, 0) is 31.9 Å². The first-order valence-electron chi connectivity index (χ1n) is 10.4. The van der Waals surface area contributed by atoms with Crippen LogP contribution in [0.2, 0.25) is 0 Å². The number of rotatable bonds is 8. The molecule has 0 bridgehead atoms. The quantitative estimate of drug-likeness (QED) is 0.530. The van der Waals surface area contributed by atoms with Gasteiger partial charge in [0.05, 0.1) is 5.75 Å². The summed E-state index contributed by atoms with van der Waals surface area (Å²) < 4.78 is 4.15. The molecule has 160 valence electrons. The maximum Gasteiger partial charge on any atom is 0.236 e. The first-order valence-corrected chi connectivity index (χ1v) is 12.2. The monoisotopic (exact) mass is 445 g/mol. The zero-order valence-electron chi connectivity index (χ0n) is 17.4. The standard InChI is InChI=1S/C20H27N7OS2/c1-3-27-16(12-15-10-7-11-26(15)2)22-25-20(27)29-13-17(28)21-19-24-23-18(30-19)14-8-5-4-6-9-14/h7,10-11,14H,3-6,8-9,12-13H2,1-2H3,(H,21,24,28). The van der Waals surface area contributed by atoms with Crippen molar-refractivity contribution >= 4 is 34.1 Å². The van der Waals surface area contributed by atoms with Crippen LogP contribution < -0.4 is 5.32 Å². The number of anilines is 1. The average Bonchev–Trinajstić information content (AvgIpc) is 3.48. The molecule has 1 aliphatic rings. The van der Waals surface area contributed by atoms with Gasteiger partial charge in [-0.15, -0.1) is 20.4 Å². The second-order valence-electron chi connectivity index (χ2n) is 7.55. The van der Waals surface area contributed by atoms with Crippen LogP contribution in [0.3, 0.4) is 0 Å². The van der Waals surface area contributed by atoms with Crippen molar-refractivity contribution in [2.45, 2.75) is 63.1 Å². The maximum atomic E-state index is 12.4. The lowest BCUT2D eigenvalue weighted by molar-refractivity contribution is -0.113. The van der Waals surface area contributed by atoms with Crippen LogP contribution in [-0.2, 0) is 24.8 Å². The highest BCUT2D eigenvalue weighted by molar-refractivity contribution is 7.99. The van der Waals surface area contributed by atoms with Crippen molar-refractivity contribution in [3.63, 3.8) is 0 Å². The lowest BCUT2D eigenvalue weighted by atomic mass is 9.90. The third-order valence-electron chi connectivity index (χ3n) is 5.47. The van der Waals surface area contributed by atoms with Crippen molar-refractivity contribution in [2.24, 2.45) is 7.05 Å². The number of carbonyl (C=O) groups is 1. The molecule has 0 unspecified atom stereocenters. The van der Waals surface area contributed by atoms with Crippen LogP contribution >= 0.6 is 23.1 Å². The minimum Gasteiger partial charge on any atom is -0.354 e. The van der Waals surface area contributed by atoms with Crippen LogP contribution in [0.5, 0.6) is 0 Å². The normalized spacial score (nSPS) is 14.9. The summed E-state index contributed by atoms with van der Waals surface area (Å²) in [7, 11) is 2.02. The van der Waals surface area contributed by atoms with Crippen LogP contribution in [0.25, 0.3) is 0 Å². The molecule has 1 N–H and O–H groups in total. The average molecular weight is 446 g/mol. The lowest BCUT2D eigenvalue weighted by Gasteiger charge is -2.18. The number of amides is 1. The fourth-order valence-electron chi connectivity index (χ4n) is 3.80. The van der Waals surface area contributed by atoms with E-state index < -0.39 is 0 Å². The minimum absolute atomic E-state index is 0.0963. The zero-order valence-corrected chi connectivity index (χ0v) is 19.0. The largest absolute Gasteiger partial charge is 0.354 e. The number of nitrogens with zero attached hydrogens (tertiary/aromatic N) is 6. The van der Waals surface area contributed by atoms with Gasteiger partial charge in [-0.25, -0.2) is 0 Å². The number of nitrogens with one attached hydrogen (secondary N) is 1. The molecule has 3 aromatic heterocycles. The van der Waals surface area contributed by atoms with Gasteiger partial charge < -0.3 is 9.13 Å². The first-order chi connectivity index (χ1) is 14.6. The third-order valence-corrected chi connectivity index (χ3v) is 7.44. The highest BCUT2D eigenvalue weighted by Crippen LogP contribution is 2.35. The molecule has 1 saturated carbocycles. The van der Waals surface area contributed by atoms with Gasteiger partial charge in [-0.2, -0.15) is 0 Å². The van der Waals surface area contributed by atoms with E-state index in [4.69, 9.17) is 0 Å². The van der Waals surface area contributed by atoms with E-state index >= 15 is 0 Å². The van der Waals surface area contributed by atoms with Gasteiger partial charge in [0.25, 0.3) is 0 Å². The third kappa shape index (κ3) is 4.92. The minimum atomic E-state index is -0.0963. The molecule has 3 heterocycles. The second-order valence-corrected chi connectivity index (χ2v) is 9.50.